The molecule has 0 unspecified atom stereocenters. The van der Waals surface area contributed by atoms with Crippen LogP contribution in [0.1, 0.15) is 51.2 Å². The molecule has 1 amide bonds. The van der Waals surface area contributed by atoms with Crippen LogP contribution in [0.15, 0.2) is 0 Å². The van der Waals surface area contributed by atoms with Crippen LogP contribution in [0.4, 0.5) is 0 Å². The summed E-state index contributed by atoms with van der Waals surface area (Å²) in [7, 11) is 4.07. The van der Waals surface area contributed by atoms with Crippen LogP contribution < -0.4 is 5.73 Å². The molecule has 7 heteroatoms. The average Bonchev–Trinajstić information content (AvgIpc) is 2.87. The summed E-state index contributed by atoms with van der Waals surface area (Å²) in [5.41, 5.74) is 5.13. The fourth-order valence-corrected chi connectivity index (χ4v) is 3.14. The third-order valence-electron chi connectivity index (χ3n) is 4.33. The normalized spacial score (nSPS) is 17.1. The molecule has 1 fully saturated rings. The van der Waals surface area contributed by atoms with E-state index in [9.17, 15) is 4.79 Å². The minimum Gasteiger partial charge on any atom is -0.341 e. The number of carbonyl (C=O) groups is 1. The highest BCUT2D eigenvalue weighted by atomic mass is 16.2. The van der Waals surface area contributed by atoms with Crippen molar-refractivity contribution in [2.24, 2.45) is 5.73 Å². The van der Waals surface area contributed by atoms with Gasteiger partial charge in [0, 0.05) is 25.6 Å². The molecule has 23 heavy (non-hydrogen) atoms. The van der Waals surface area contributed by atoms with Gasteiger partial charge in [0.1, 0.15) is 11.6 Å². The van der Waals surface area contributed by atoms with Gasteiger partial charge in [-0.25, -0.2) is 0 Å². The molecule has 2 heterocycles. The molecule has 2 N–H and O–H groups in total. The molecule has 0 spiro atoms. The Kier molecular flexibility index (Phi) is 5.41. The summed E-state index contributed by atoms with van der Waals surface area (Å²) in [5, 5.41) is 8.81. The Hall–Kier alpha value is -1.47. The SMILES string of the molecule is CCn1c(CN(C)C)nnc1C1CCN(C(=O)C(C)(C)N)CC1. The highest BCUT2D eigenvalue weighted by Crippen LogP contribution is 2.28. The highest BCUT2D eigenvalue weighted by Gasteiger charge is 2.32. The largest absolute Gasteiger partial charge is 0.341 e. The molecule has 1 aromatic rings. The fraction of sp³-hybridized carbons (Fsp3) is 0.812. The lowest BCUT2D eigenvalue weighted by Gasteiger charge is -2.35. The minimum atomic E-state index is -0.796. The molecule has 0 saturated carbocycles. The van der Waals surface area contributed by atoms with E-state index in [4.69, 9.17) is 5.73 Å². The van der Waals surface area contributed by atoms with E-state index >= 15 is 0 Å². The molecule has 1 saturated heterocycles. The molecule has 0 atom stereocenters. The monoisotopic (exact) mass is 322 g/mol. The maximum Gasteiger partial charge on any atom is 0.242 e. The fourth-order valence-electron chi connectivity index (χ4n) is 3.14. The number of piperidine rings is 1. The summed E-state index contributed by atoms with van der Waals surface area (Å²) in [6.07, 6.45) is 1.84. The molecule has 7 nitrogen and oxygen atoms in total. The lowest BCUT2D eigenvalue weighted by atomic mass is 9.94. The standard InChI is InChI=1S/C16H30N6O/c1-6-22-13(11-20(4)5)18-19-14(22)12-7-9-21(10-8-12)15(23)16(2,3)17/h12H,6-11,17H2,1-5H3. The zero-order valence-electron chi connectivity index (χ0n) is 15.0. The van der Waals surface area contributed by atoms with Crippen LogP contribution >= 0.6 is 0 Å². The Labute approximate surface area is 138 Å². The summed E-state index contributed by atoms with van der Waals surface area (Å²) < 4.78 is 2.22. The van der Waals surface area contributed by atoms with Crippen molar-refractivity contribution in [3.8, 4) is 0 Å². The molecule has 2 rings (SSSR count). The Morgan fingerprint density at radius 3 is 2.39 bits per heavy atom. The first kappa shape index (κ1) is 17.9. The zero-order valence-corrected chi connectivity index (χ0v) is 15.0. The minimum absolute atomic E-state index is 0.0289. The van der Waals surface area contributed by atoms with Crippen molar-refractivity contribution >= 4 is 5.91 Å². The predicted octanol–water partition coefficient (Wildman–Crippen LogP) is 0.803. The Bertz CT molecular complexity index is 537. The molecule has 1 aliphatic heterocycles. The van der Waals surface area contributed by atoms with Gasteiger partial charge in [-0.1, -0.05) is 0 Å². The highest BCUT2D eigenvalue weighted by molar-refractivity contribution is 5.85. The van der Waals surface area contributed by atoms with Crippen LogP contribution in [-0.2, 0) is 17.9 Å². The topological polar surface area (TPSA) is 80.3 Å². The van der Waals surface area contributed by atoms with Crippen molar-refractivity contribution < 1.29 is 4.79 Å². The van der Waals surface area contributed by atoms with Crippen molar-refractivity contribution in [2.45, 2.75) is 58.2 Å². The summed E-state index contributed by atoms with van der Waals surface area (Å²) >= 11 is 0. The summed E-state index contributed by atoms with van der Waals surface area (Å²) in [6, 6.07) is 0. The number of hydrogen-bond acceptors (Lipinski definition) is 5. The lowest BCUT2D eigenvalue weighted by molar-refractivity contribution is -0.136. The number of nitrogens with two attached hydrogens (primary N) is 1. The predicted molar refractivity (Wildman–Crippen MR) is 89.9 cm³/mol. The van der Waals surface area contributed by atoms with Crippen LogP contribution in [0.2, 0.25) is 0 Å². The number of amides is 1. The van der Waals surface area contributed by atoms with Gasteiger partial charge in [-0.3, -0.25) is 4.79 Å². The van der Waals surface area contributed by atoms with E-state index in [-0.39, 0.29) is 5.91 Å². The second-order valence-electron chi connectivity index (χ2n) is 7.24. The second-order valence-corrected chi connectivity index (χ2v) is 7.24. The molecule has 0 aromatic carbocycles. The van der Waals surface area contributed by atoms with Crippen molar-refractivity contribution in [3.05, 3.63) is 11.6 Å². The average molecular weight is 322 g/mol. The van der Waals surface area contributed by atoms with E-state index in [0.29, 0.717) is 5.92 Å². The van der Waals surface area contributed by atoms with Crippen molar-refractivity contribution in [3.63, 3.8) is 0 Å². The van der Waals surface area contributed by atoms with Crippen LogP contribution in [0.5, 0.6) is 0 Å². The third kappa shape index (κ3) is 4.09. The van der Waals surface area contributed by atoms with Gasteiger partial charge in [-0.15, -0.1) is 10.2 Å². The maximum absolute atomic E-state index is 12.3. The smallest absolute Gasteiger partial charge is 0.242 e. The molecule has 0 bridgehead atoms. The number of carbonyl (C=O) groups excluding carboxylic acids is 1. The number of likely N-dealkylation sites (tertiary alicyclic amines) is 1. The van der Waals surface area contributed by atoms with Crippen LogP contribution in [0, 0.1) is 0 Å². The van der Waals surface area contributed by atoms with E-state index in [0.717, 1.165) is 50.7 Å². The van der Waals surface area contributed by atoms with Gasteiger partial charge in [0.2, 0.25) is 5.91 Å². The Morgan fingerprint density at radius 2 is 1.91 bits per heavy atom. The van der Waals surface area contributed by atoms with Gasteiger partial charge in [0.25, 0.3) is 0 Å². The van der Waals surface area contributed by atoms with E-state index in [1.165, 1.54) is 0 Å². The van der Waals surface area contributed by atoms with E-state index < -0.39 is 5.54 Å². The number of nitrogens with zero attached hydrogens (tertiary/aromatic N) is 5. The summed E-state index contributed by atoms with van der Waals surface area (Å²) in [4.78, 5) is 16.3. The van der Waals surface area contributed by atoms with E-state index in [1.807, 2.05) is 19.0 Å². The van der Waals surface area contributed by atoms with Crippen molar-refractivity contribution in [1.29, 1.82) is 0 Å². The molecular weight excluding hydrogens is 292 g/mol. The Morgan fingerprint density at radius 1 is 1.30 bits per heavy atom. The number of aromatic nitrogens is 3. The van der Waals surface area contributed by atoms with E-state index in [2.05, 4.69) is 26.6 Å². The van der Waals surface area contributed by atoms with Crippen LogP contribution in [0.3, 0.4) is 0 Å². The first-order valence-corrected chi connectivity index (χ1v) is 8.39. The first-order valence-electron chi connectivity index (χ1n) is 8.39. The van der Waals surface area contributed by atoms with Crippen molar-refractivity contribution in [2.75, 3.05) is 27.2 Å². The molecular formula is C16H30N6O. The lowest BCUT2D eigenvalue weighted by Crippen LogP contribution is -2.53. The van der Waals surface area contributed by atoms with E-state index in [1.54, 1.807) is 13.8 Å². The van der Waals surface area contributed by atoms with Gasteiger partial charge < -0.3 is 20.1 Å². The maximum atomic E-state index is 12.3. The molecule has 1 aliphatic rings. The first-order chi connectivity index (χ1) is 10.7. The van der Waals surface area contributed by atoms with Gasteiger partial charge >= 0.3 is 0 Å². The van der Waals surface area contributed by atoms with Gasteiger partial charge in [-0.05, 0) is 47.7 Å². The van der Waals surface area contributed by atoms with Gasteiger partial charge in [-0.2, -0.15) is 0 Å². The van der Waals surface area contributed by atoms with Crippen LogP contribution in [0.25, 0.3) is 0 Å². The quantitative estimate of drug-likeness (QED) is 0.867. The van der Waals surface area contributed by atoms with Crippen LogP contribution in [-0.4, -0.2) is 63.2 Å². The zero-order chi connectivity index (χ0) is 17.2. The molecule has 130 valence electrons. The number of hydrogen-bond donors (Lipinski definition) is 1. The summed E-state index contributed by atoms with van der Waals surface area (Å²) in [6.45, 7) is 8.81. The van der Waals surface area contributed by atoms with Crippen molar-refractivity contribution in [1.82, 2.24) is 24.6 Å². The molecule has 0 radical (unpaired) electrons. The second kappa shape index (κ2) is 6.97. The Balaban J connectivity index is 2.06. The third-order valence-corrected chi connectivity index (χ3v) is 4.33. The molecule has 0 aliphatic carbocycles. The summed E-state index contributed by atoms with van der Waals surface area (Å²) in [5.74, 6) is 2.46. The van der Waals surface area contributed by atoms with Gasteiger partial charge in [0.15, 0.2) is 0 Å². The molecule has 1 aromatic heterocycles. The number of rotatable bonds is 5. The van der Waals surface area contributed by atoms with Gasteiger partial charge in [0.05, 0.1) is 12.1 Å².